The smallest absolute Gasteiger partial charge is 0.412 e. The fourth-order valence-corrected chi connectivity index (χ4v) is 2.34. The van der Waals surface area contributed by atoms with Crippen LogP contribution in [-0.4, -0.2) is 12.2 Å². The summed E-state index contributed by atoms with van der Waals surface area (Å²) in [6.07, 6.45) is 6.04. The first-order valence-corrected chi connectivity index (χ1v) is 6.96. The van der Waals surface area contributed by atoms with Crippen molar-refractivity contribution in [3.05, 3.63) is 42.5 Å². The second-order valence-electron chi connectivity index (χ2n) is 5.00. The first-order valence-electron chi connectivity index (χ1n) is 6.96. The van der Waals surface area contributed by atoms with Crippen LogP contribution in [0.2, 0.25) is 0 Å². The van der Waals surface area contributed by atoms with Gasteiger partial charge in [0.2, 0.25) is 0 Å². The number of hydrogen-bond donors (Lipinski definition) is 1. The maximum atomic E-state index is 11.8. The number of anilines is 1. The molecule has 1 saturated carbocycles. The van der Waals surface area contributed by atoms with Gasteiger partial charge in [-0.25, -0.2) is 4.79 Å². The molecule has 1 aliphatic rings. The lowest BCUT2D eigenvalue weighted by Crippen LogP contribution is -2.24. The summed E-state index contributed by atoms with van der Waals surface area (Å²) in [4.78, 5) is 11.8. The summed E-state index contributed by atoms with van der Waals surface area (Å²) >= 11 is 0. The molecule has 1 aromatic carbocycles. The van der Waals surface area contributed by atoms with Gasteiger partial charge in [-0.1, -0.05) is 37.6 Å². The Kier molecular flexibility index (Phi) is 5.01. The molecule has 1 aromatic rings. The van der Waals surface area contributed by atoms with E-state index in [1.54, 1.807) is 0 Å². The molecule has 1 N–H and O–H groups in total. The maximum Gasteiger partial charge on any atom is 0.412 e. The lowest BCUT2D eigenvalue weighted by molar-refractivity contribution is 0.118. The van der Waals surface area contributed by atoms with Crippen LogP contribution in [0.4, 0.5) is 10.5 Å². The van der Waals surface area contributed by atoms with Crippen LogP contribution >= 0.6 is 0 Å². The van der Waals surface area contributed by atoms with Crippen LogP contribution in [0, 0.1) is 0 Å². The second-order valence-corrected chi connectivity index (χ2v) is 5.00. The van der Waals surface area contributed by atoms with E-state index in [9.17, 15) is 4.79 Å². The molecule has 1 aliphatic carbocycles. The van der Waals surface area contributed by atoms with Crippen molar-refractivity contribution in [3.63, 3.8) is 0 Å². The minimum atomic E-state index is -0.391. The van der Waals surface area contributed by atoms with E-state index in [2.05, 4.69) is 11.9 Å². The number of carbonyl (C=O) groups is 1. The highest BCUT2D eigenvalue weighted by Crippen LogP contribution is 2.23. The van der Waals surface area contributed by atoms with Gasteiger partial charge in [0.05, 0.1) is 0 Å². The average Bonchev–Trinajstić information content (AvgIpc) is 2.40. The molecule has 1 fully saturated rings. The van der Waals surface area contributed by atoms with Crippen molar-refractivity contribution < 1.29 is 9.53 Å². The zero-order chi connectivity index (χ0) is 13.5. The number of carbonyl (C=O) groups excluding carboxylic acids is 1. The second kappa shape index (κ2) is 6.98. The van der Waals surface area contributed by atoms with Gasteiger partial charge in [0, 0.05) is 5.69 Å². The van der Waals surface area contributed by atoms with Crippen LogP contribution in [0.15, 0.2) is 42.5 Å². The van der Waals surface area contributed by atoms with E-state index >= 15 is 0 Å². The van der Waals surface area contributed by atoms with E-state index in [0.29, 0.717) is 0 Å². The van der Waals surface area contributed by atoms with Crippen molar-refractivity contribution in [2.45, 2.75) is 44.6 Å². The molecule has 0 heterocycles. The highest BCUT2D eigenvalue weighted by Gasteiger charge is 2.19. The Morgan fingerprint density at radius 1 is 1.16 bits per heavy atom. The van der Waals surface area contributed by atoms with Crippen LogP contribution in [0.25, 0.3) is 0 Å². The zero-order valence-electron chi connectivity index (χ0n) is 11.2. The Morgan fingerprint density at radius 2 is 1.89 bits per heavy atom. The summed E-state index contributed by atoms with van der Waals surface area (Å²) in [6.45, 7) is 4.05. The maximum absolute atomic E-state index is 11.8. The molecule has 3 heteroatoms. The molecule has 0 saturated heterocycles. The van der Waals surface area contributed by atoms with E-state index in [1.807, 2.05) is 30.3 Å². The first-order chi connectivity index (χ1) is 9.25. The van der Waals surface area contributed by atoms with Crippen molar-refractivity contribution in [2.24, 2.45) is 0 Å². The summed E-state index contributed by atoms with van der Waals surface area (Å²) in [5.74, 6) is 0. The van der Waals surface area contributed by atoms with Crippen molar-refractivity contribution in [1.82, 2.24) is 0 Å². The highest BCUT2D eigenvalue weighted by atomic mass is 16.6. The zero-order valence-corrected chi connectivity index (χ0v) is 11.2. The molecule has 102 valence electrons. The molecule has 0 spiro atoms. The van der Waals surface area contributed by atoms with Gasteiger partial charge in [0.15, 0.2) is 0 Å². The van der Waals surface area contributed by atoms with Crippen LogP contribution in [0.5, 0.6) is 0 Å². The number of para-hydroxylation sites is 1. The Labute approximate surface area is 114 Å². The minimum Gasteiger partial charge on any atom is -0.441 e. The van der Waals surface area contributed by atoms with E-state index in [-0.39, 0.29) is 6.10 Å². The van der Waals surface area contributed by atoms with Crippen LogP contribution in [-0.2, 0) is 4.74 Å². The van der Waals surface area contributed by atoms with Crippen molar-refractivity contribution in [1.29, 1.82) is 0 Å². The third-order valence-corrected chi connectivity index (χ3v) is 3.44. The van der Waals surface area contributed by atoms with E-state index < -0.39 is 6.09 Å². The van der Waals surface area contributed by atoms with Gasteiger partial charge < -0.3 is 4.74 Å². The monoisotopic (exact) mass is 259 g/mol. The Hall–Kier alpha value is -1.77. The molecule has 0 aromatic heterocycles. The fourth-order valence-electron chi connectivity index (χ4n) is 2.34. The molecule has 3 nitrogen and oxygen atoms in total. The van der Waals surface area contributed by atoms with Gasteiger partial charge in [0.1, 0.15) is 6.10 Å². The first kappa shape index (κ1) is 13.7. The van der Waals surface area contributed by atoms with Crippen molar-refractivity contribution >= 4 is 11.8 Å². The highest BCUT2D eigenvalue weighted by molar-refractivity contribution is 5.84. The third kappa shape index (κ3) is 4.43. The molecular weight excluding hydrogens is 238 g/mol. The molecule has 19 heavy (non-hydrogen) atoms. The largest absolute Gasteiger partial charge is 0.441 e. The van der Waals surface area contributed by atoms with Gasteiger partial charge in [0.25, 0.3) is 0 Å². The normalized spacial score (nSPS) is 20.2. The summed E-state index contributed by atoms with van der Waals surface area (Å²) in [5.41, 5.74) is 1.80. The number of hydrogen-bond acceptors (Lipinski definition) is 2. The molecule has 2 rings (SSSR count). The van der Waals surface area contributed by atoms with Gasteiger partial charge in [-0.2, -0.15) is 0 Å². The van der Waals surface area contributed by atoms with E-state index in [1.165, 1.54) is 12.8 Å². The van der Waals surface area contributed by atoms with Gasteiger partial charge in [-0.3, -0.25) is 5.32 Å². The lowest BCUT2D eigenvalue weighted by atomic mass is 9.95. The summed E-state index contributed by atoms with van der Waals surface area (Å²) in [5, 5.41) is 2.74. The minimum absolute atomic E-state index is 0.135. The Morgan fingerprint density at radius 3 is 2.68 bits per heavy atom. The van der Waals surface area contributed by atoms with Crippen LogP contribution < -0.4 is 5.32 Å². The lowest BCUT2D eigenvalue weighted by Gasteiger charge is -2.22. The molecule has 0 radical (unpaired) electrons. The Bertz CT molecular complexity index is 428. The standard InChI is InChI=1S/C16H21NO2/c1-13-9-5-2-3-8-12-15(13)19-16(18)17-14-10-6-4-7-11-14/h4,6-7,10-11,15H,1-3,5,8-9,12H2,(H,17,18)/t15-/m0/s1. The third-order valence-electron chi connectivity index (χ3n) is 3.44. The van der Waals surface area contributed by atoms with Gasteiger partial charge >= 0.3 is 6.09 Å². The quantitative estimate of drug-likeness (QED) is 0.793. The fraction of sp³-hybridized carbons (Fsp3) is 0.438. The van der Waals surface area contributed by atoms with Crippen molar-refractivity contribution in [2.75, 3.05) is 5.32 Å². The van der Waals surface area contributed by atoms with Crippen molar-refractivity contribution in [3.8, 4) is 0 Å². The molecule has 0 unspecified atom stereocenters. The number of rotatable bonds is 2. The van der Waals surface area contributed by atoms with Gasteiger partial charge in [-0.15, -0.1) is 0 Å². The SMILES string of the molecule is C=C1CCCCCC[C@@H]1OC(=O)Nc1ccccc1. The molecule has 1 atom stereocenters. The summed E-state index contributed by atoms with van der Waals surface area (Å²) < 4.78 is 5.49. The van der Waals surface area contributed by atoms with E-state index in [0.717, 1.165) is 36.9 Å². The number of benzene rings is 1. The number of ether oxygens (including phenoxy) is 1. The molecule has 1 amide bonds. The molecular formula is C16H21NO2. The van der Waals surface area contributed by atoms with E-state index in [4.69, 9.17) is 4.74 Å². The number of amides is 1. The Balaban J connectivity index is 1.88. The predicted octanol–water partition coefficient (Wildman–Crippen LogP) is 4.51. The van der Waals surface area contributed by atoms with Crippen LogP contribution in [0.1, 0.15) is 38.5 Å². The average molecular weight is 259 g/mol. The van der Waals surface area contributed by atoms with Crippen LogP contribution in [0.3, 0.4) is 0 Å². The number of nitrogens with one attached hydrogen (secondary N) is 1. The van der Waals surface area contributed by atoms with Gasteiger partial charge in [-0.05, 0) is 43.4 Å². The predicted molar refractivity (Wildman–Crippen MR) is 77.2 cm³/mol. The molecule has 0 aliphatic heterocycles. The topological polar surface area (TPSA) is 38.3 Å². The molecule has 0 bridgehead atoms. The summed E-state index contributed by atoms with van der Waals surface area (Å²) in [6, 6.07) is 9.35. The summed E-state index contributed by atoms with van der Waals surface area (Å²) in [7, 11) is 0.